The van der Waals surface area contributed by atoms with Crippen molar-refractivity contribution >= 4 is 0 Å². The van der Waals surface area contributed by atoms with Crippen molar-refractivity contribution in [3.8, 4) is 0 Å². The second kappa shape index (κ2) is 8.28. The topological polar surface area (TPSA) is 21.3 Å². The van der Waals surface area contributed by atoms with E-state index in [2.05, 4.69) is 56.4 Å². The molecule has 0 amide bonds. The van der Waals surface area contributed by atoms with Gasteiger partial charge in [0.1, 0.15) is 0 Å². The van der Waals surface area contributed by atoms with Gasteiger partial charge in [0.15, 0.2) is 0 Å². The highest BCUT2D eigenvalue weighted by Gasteiger charge is 2.27. The lowest BCUT2D eigenvalue weighted by Crippen LogP contribution is -2.41. The van der Waals surface area contributed by atoms with Crippen LogP contribution in [0.25, 0.3) is 0 Å². The SMILES string of the molecule is CCNC(C(CC)CC)C(OC)c1ccccc1. The van der Waals surface area contributed by atoms with Crippen LogP contribution >= 0.6 is 0 Å². The van der Waals surface area contributed by atoms with Crippen molar-refractivity contribution in [2.75, 3.05) is 13.7 Å². The average molecular weight is 249 g/mol. The van der Waals surface area contributed by atoms with Gasteiger partial charge in [-0.3, -0.25) is 0 Å². The molecule has 2 heteroatoms. The largest absolute Gasteiger partial charge is 0.375 e. The van der Waals surface area contributed by atoms with E-state index in [1.165, 1.54) is 18.4 Å². The summed E-state index contributed by atoms with van der Waals surface area (Å²) in [7, 11) is 1.81. The number of nitrogens with one attached hydrogen (secondary N) is 1. The quantitative estimate of drug-likeness (QED) is 0.757. The van der Waals surface area contributed by atoms with Crippen LogP contribution in [-0.2, 0) is 4.74 Å². The summed E-state index contributed by atoms with van der Waals surface area (Å²) in [5, 5.41) is 3.61. The Morgan fingerprint density at radius 3 is 2.11 bits per heavy atom. The van der Waals surface area contributed by atoms with Gasteiger partial charge < -0.3 is 10.1 Å². The first-order valence-electron chi connectivity index (χ1n) is 7.09. The summed E-state index contributed by atoms with van der Waals surface area (Å²) in [6.07, 6.45) is 2.50. The molecule has 1 rings (SSSR count). The van der Waals surface area contributed by atoms with Gasteiger partial charge in [0.05, 0.1) is 6.10 Å². The Hall–Kier alpha value is -0.860. The predicted molar refractivity (Wildman–Crippen MR) is 77.7 cm³/mol. The van der Waals surface area contributed by atoms with Crippen molar-refractivity contribution in [3.05, 3.63) is 35.9 Å². The Morgan fingerprint density at radius 2 is 1.67 bits per heavy atom. The van der Waals surface area contributed by atoms with Gasteiger partial charge in [-0.2, -0.15) is 0 Å². The summed E-state index contributed by atoms with van der Waals surface area (Å²) in [6.45, 7) is 7.66. The lowest BCUT2D eigenvalue weighted by Gasteiger charge is -2.33. The highest BCUT2D eigenvalue weighted by atomic mass is 16.5. The average Bonchev–Trinajstić information content (AvgIpc) is 2.42. The second-order valence-electron chi connectivity index (χ2n) is 4.73. The van der Waals surface area contributed by atoms with Crippen LogP contribution in [0.1, 0.15) is 45.3 Å². The maximum atomic E-state index is 5.77. The summed E-state index contributed by atoms with van der Waals surface area (Å²) in [6, 6.07) is 10.9. The third-order valence-corrected chi connectivity index (χ3v) is 3.70. The van der Waals surface area contributed by atoms with Crippen LogP contribution in [-0.4, -0.2) is 19.7 Å². The molecule has 0 aromatic heterocycles. The molecule has 1 aromatic carbocycles. The van der Waals surface area contributed by atoms with E-state index >= 15 is 0 Å². The first-order valence-corrected chi connectivity index (χ1v) is 7.09. The molecule has 0 aliphatic carbocycles. The molecule has 0 fully saturated rings. The van der Waals surface area contributed by atoms with Gasteiger partial charge in [0, 0.05) is 13.2 Å². The van der Waals surface area contributed by atoms with Crippen LogP contribution in [0.3, 0.4) is 0 Å². The highest BCUT2D eigenvalue weighted by molar-refractivity contribution is 5.19. The van der Waals surface area contributed by atoms with Crippen LogP contribution in [0.4, 0.5) is 0 Å². The molecule has 2 atom stereocenters. The molecule has 0 bridgehead atoms. The third kappa shape index (κ3) is 3.82. The van der Waals surface area contributed by atoms with Gasteiger partial charge in [0.25, 0.3) is 0 Å². The molecular weight excluding hydrogens is 222 g/mol. The van der Waals surface area contributed by atoms with Crippen LogP contribution in [0.5, 0.6) is 0 Å². The fourth-order valence-corrected chi connectivity index (χ4v) is 2.69. The fourth-order valence-electron chi connectivity index (χ4n) is 2.69. The van der Waals surface area contributed by atoms with Crippen molar-refractivity contribution in [3.63, 3.8) is 0 Å². The Bertz CT molecular complexity index is 308. The number of likely N-dealkylation sites (N-methyl/N-ethyl adjacent to an activating group) is 1. The number of benzene rings is 1. The van der Waals surface area contributed by atoms with E-state index in [0.717, 1.165) is 6.54 Å². The van der Waals surface area contributed by atoms with Gasteiger partial charge >= 0.3 is 0 Å². The second-order valence-corrected chi connectivity index (χ2v) is 4.73. The lowest BCUT2D eigenvalue weighted by atomic mass is 9.87. The van der Waals surface area contributed by atoms with E-state index in [1.54, 1.807) is 0 Å². The minimum absolute atomic E-state index is 0.135. The molecule has 1 aromatic rings. The van der Waals surface area contributed by atoms with Crippen LogP contribution in [0, 0.1) is 5.92 Å². The number of rotatable bonds is 8. The molecule has 2 unspecified atom stereocenters. The molecule has 1 N–H and O–H groups in total. The van der Waals surface area contributed by atoms with Gasteiger partial charge in [-0.1, -0.05) is 63.9 Å². The number of hydrogen-bond donors (Lipinski definition) is 1. The standard InChI is InChI=1S/C16H27NO/c1-5-13(6-2)15(17-7-3)16(18-4)14-11-9-8-10-12-14/h8-13,15-17H,5-7H2,1-4H3. The van der Waals surface area contributed by atoms with Gasteiger partial charge in [-0.25, -0.2) is 0 Å². The van der Waals surface area contributed by atoms with E-state index in [0.29, 0.717) is 12.0 Å². The molecule has 0 aliphatic heterocycles. The van der Waals surface area contributed by atoms with Crippen molar-refractivity contribution in [2.45, 2.75) is 45.8 Å². The van der Waals surface area contributed by atoms with Crippen molar-refractivity contribution in [1.82, 2.24) is 5.32 Å². The molecule has 0 heterocycles. The van der Waals surface area contributed by atoms with E-state index in [9.17, 15) is 0 Å². The molecule has 0 saturated heterocycles. The molecule has 2 nitrogen and oxygen atoms in total. The van der Waals surface area contributed by atoms with Crippen LogP contribution in [0.2, 0.25) is 0 Å². The molecule has 18 heavy (non-hydrogen) atoms. The molecule has 0 spiro atoms. The number of methoxy groups -OCH3 is 1. The van der Waals surface area contributed by atoms with E-state index in [-0.39, 0.29) is 6.10 Å². The fraction of sp³-hybridized carbons (Fsp3) is 0.625. The zero-order chi connectivity index (χ0) is 13.4. The van der Waals surface area contributed by atoms with E-state index in [1.807, 2.05) is 7.11 Å². The van der Waals surface area contributed by atoms with E-state index < -0.39 is 0 Å². The number of hydrogen-bond acceptors (Lipinski definition) is 2. The zero-order valence-corrected chi connectivity index (χ0v) is 12.1. The first kappa shape index (κ1) is 15.2. The van der Waals surface area contributed by atoms with Crippen molar-refractivity contribution in [1.29, 1.82) is 0 Å². The predicted octanol–water partition coefficient (Wildman–Crippen LogP) is 3.79. The van der Waals surface area contributed by atoms with Gasteiger partial charge in [-0.15, -0.1) is 0 Å². The zero-order valence-electron chi connectivity index (χ0n) is 12.1. The third-order valence-electron chi connectivity index (χ3n) is 3.70. The summed E-state index contributed by atoms with van der Waals surface area (Å²) in [5.74, 6) is 0.648. The first-order chi connectivity index (χ1) is 8.78. The Kier molecular flexibility index (Phi) is 6.99. The molecule has 0 aliphatic rings. The van der Waals surface area contributed by atoms with Crippen molar-refractivity contribution < 1.29 is 4.74 Å². The summed E-state index contributed by atoms with van der Waals surface area (Å²) in [4.78, 5) is 0. The molecule has 102 valence electrons. The summed E-state index contributed by atoms with van der Waals surface area (Å²) >= 11 is 0. The monoisotopic (exact) mass is 249 g/mol. The Balaban J connectivity index is 2.93. The molecular formula is C16H27NO. The van der Waals surface area contributed by atoms with Gasteiger partial charge in [-0.05, 0) is 18.0 Å². The maximum Gasteiger partial charge on any atom is 0.0976 e. The minimum Gasteiger partial charge on any atom is -0.375 e. The van der Waals surface area contributed by atoms with Crippen LogP contribution < -0.4 is 5.32 Å². The molecule has 0 radical (unpaired) electrons. The lowest BCUT2D eigenvalue weighted by molar-refractivity contribution is 0.0450. The molecule has 0 saturated carbocycles. The minimum atomic E-state index is 0.135. The van der Waals surface area contributed by atoms with E-state index in [4.69, 9.17) is 4.74 Å². The highest BCUT2D eigenvalue weighted by Crippen LogP contribution is 2.28. The maximum absolute atomic E-state index is 5.77. The Labute approximate surface area is 112 Å². The van der Waals surface area contributed by atoms with Gasteiger partial charge in [0.2, 0.25) is 0 Å². The van der Waals surface area contributed by atoms with Crippen LogP contribution in [0.15, 0.2) is 30.3 Å². The normalized spacial score (nSPS) is 14.7. The summed E-state index contributed by atoms with van der Waals surface area (Å²) in [5.41, 5.74) is 1.26. The number of ether oxygens (including phenoxy) is 1. The summed E-state index contributed by atoms with van der Waals surface area (Å²) < 4.78 is 5.77. The Morgan fingerprint density at radius 1 is 1.06 bits per heavy atom. The van der Waals surface area contributed by atoms with Crippen molar-refractivity contribution in [2.24, 2.45) is 5.92 Å². The smallest absolute Gasteiger partial charge is 0.0976 e.